The lowest BCUT2D eigenvalue weighted by atomic mass is 10.2. The van der Waals surface area contributed by atoms with Gasteiger partial charge in [0.25, 0.3) is 0 Å². The fourth-order valence-corrected chi connectivity index (χ4v) is 2.45. The molecule has 0 saturated carbocycles. The van der Waals surface area contributed by atoms with Gasteiger partial charge in [0.05, 0.1) is 26.4 Å². The Morgan fingerprint density at radius 1 is 1.07 bits per heavy atom. The van der Waals surface area contributed by atoms with Crippen LogP contribution < -0.4 is 14.2 Å². The van der Waals surface area contributed by atoms with Crippen molar-refractivity contribution in [2.75, 3.05) is 58.6 Å². The molecule has 11 heteroatoms. The van der Waals surface area contributed by atoms with Gasteiger partial charge in [-0.2, -0.15) is 0 Å². The summed E-state index contributed by atoms with van der Waals surface area (Å²) in [6, 6.07) is 7.41. The highest BCUT2D eigenvalue weighted by molar-refractivity contribution is 14.1. The lowest BCUT2D eigenvalue weighted by molar-refractivity contribution is -0.123. The van der Waals surface area contributed by atoms with Crippen molar-refractivity contribution >= 4 is 49.2 Å². The van der Waals surface area contributed by atoms with E-state index in [9.17, 15) is 9.59 Å². The summed E-state index contributed by atoms with van der Waals surface area (Å²) < 4.78 is 24.2. The van der Waals surface area contributed by atoms with Gasteiger partial charge in [0.1, 0.15) is 19.4 Å². The Kier molecular flexibility index (Phi) is 15.4. The molecule has 0 saturated heterocycles. The maximum Gasteiger partial charge on any atom is 0.250 e. The number of halogens is 1. The number of ether oxygens (including phenoxy) is 4. The van der Waals surface area contributed by atoms with Crippen LogP contribution in [0, 0.1) is 0 Å². The molecule has 1 aromatic carbocycles. The molecule has 164 valence electrons. The van der Waals surface area contributed by atoms with Gasteiger partial charge in [0, 0.05) is 48.8 Å². The molecule has 2 unspecified atom stereocenters. The highest BCUT2D eigenvalue weighted by atomic mass is 127. The molecule has 0 fully saturated rings. The molecule has 3 N–H and O–H groups in total. The largest absolute Gasteiger partial charge is 0.378 e. The fourth-order valence-electron chi connectivity index (χ4n) is 2.11. The van der Waals surface area contributed by atoms with Gasteiger partial charge in [0.15, 0.2) is 5.52 Å². The zero-order valence-electron chi connectivity index (χ0n) is 16.4. The van der Waals surface area contributed by atoms with E-state index in [4.69, 9.17) is 18.9 Å². The molecule has 0 radical (unpaired) electrons. The molecule has 0 bridgehead atoms. The molecule has 0 heterocycles. The summed E-state index contributed by atoms with van der Waals surface area (Å²) in [7, 11) is 3.62. The quantitative estimate of drug-likeness (QED) is 0.0885. The Morgan fingerprint density at radius 3 is 2.45 bits per heavy atom. The summed E-state index contributed by atoms with van der Waals surface area (Å²) in [4.78, 5) is 22.5. The van der Waals surface area contributed by atoms with Crippen LogP contribution in [0.1, 0.15) is 5.56 Å². The van der Waals surface area contributed by atoms with E-state index >= 15 is 0 Å². The Balaban J connectivity index is 2.24. The van der Waals surface area contributed by atoms with E-state index in [0.29, 0.717) is 38.7 Å². The van der Waals surface area contributed by atoms with Crippen LogP contribution in [0.5, 0.6) is 0 Å². The van der Waals surface area contributed by atoms with E-state index in [0.717, 1.165) is 12.1 Å². The van der Waals surface area contributed by atoms with Crippen LogP contribution in [0.15, 0.2) is 24.3 Å². The van der Waals surface area contributed by atoms with Gasteiger partial charge in [-0.1, -0.05) is 21.4 Å². The molecular weight excluding hydrogens is 512 g/mol. The summed E-state index contributed by atoms with van der Waals surface area (Å²) in [5.41, 5.74) is 1.49. The van der Waals surface area contributed by atoms with Crippen molar-refractivity contribution in [1.82, 2.24) is 8.85 Å². The van der Waals surface area contributed by atoms with Gasteiger partial charge >= 0.3 is 0 Å². The first-order valence-electron chi connectivity index (χ1n) is 9.05. The van der Waals surface area contributed by atoms with Crippen LogP contribution in [0.3, 0.4) is 0 Å². The highest BCUT2D eigenvalue weighted by Gasteiger charge is 2.08. The molecule has 9 nitrogen and oxygen atoms in total. The number of anilines is 1. The Labute approximate surface area is 187 Å². The minimum absolute atomic E-state index is 0.101. The molecular formula is C18H29IN3O6P. The van der Waals surface area contributed by atoms with Gasteiger partial charge in [-0.15, -0.1) is 0 Å². The Hall–Kier alpha value is -0.720. The summed E-state index contributed by atoms with van der Waals surface area (Å²) in [6.45, 7) is 3.24. The van der Waals surface area contributed by atoms with E-state index < -0.39 is 0 Å². The number of rotatable bonds is 17. The van der Waals surface area contributed by atoms with E-state index in [-0.39, 0.29) is 30.9 Å². The zero-order chi connectivity index (χ0) is 21.3. The van der Waals surface area contributed by atoms with E-state index in [1.807, 2.05) is 21.4 Å². The summed E-state index contributed by atoms with van der Waals surface area (Å²) in [5.74, 6) is -0.312. The van der Waals surface area contributed by atoms with Crippen LogP contribution in [-0.2, 0) is 35.1 Å². The monoisotopic (exact) mass is 541 g/mol. The minimum Gasteiger partial charge on any atom is -0.378 e. The second-order valence-corrected chi connectivity index (χ2v) is 7.29. The molecule has 29 heavy (non-hydrogen) atoms. The third-order valence-corrected chi connectivity index (χ3v) is 4.22. The molecule has 1 rings (SSSR count). The van der Waals surface area contributed by atoms with Crippen molar-refractivity contribution in [3.8, 4) is 0 Å². The third kappa shape index (κ3) is 14.0. The number of amides is 1. The molecule has 0 aromatic heterocycles. The number of carbonyl (C=O) groups excluding carboxylic acids is 2. The van der Waals surface area contributed by atoms with E-state index in [1.165, 1.54) is 0 Å². The normalized spacial score (nSPS) is 12.0. The minimum atomic E-state index is -0.312. The Bertz CT molecular complexity index is 593. The lowest BCUT2D eigenvalue weighted by Crippen LogP contribution is -2.35. The SMILES string of the molecule is COC(COCCOCCNI)NCc1ccc(NC(=O)COCC(=O)P)cc1. The van der Waals surface area contributed by atoms with Crippen LogP contribution in [0.4, 0.5) is 5.69 Å². The molecule has 1 amide bonds. The van der Waals surface area contributed by atoms with Gasteiger partial charge < -0.3 is 24.3 Å². The first-order chi connectivity index (χ1) is 14.0. The Morgan fingerprint density at radius 2 is 1.79 bits per heavy atom. The molecule has 0 aliphatic heterocycles. The maximum absolute atomic E-state index is 11.7. The average molecular weight is 541 g/mol. The standard InChI is InChI=1S/C18H29IN3O6P/c1-25-17(12-27-9-8-26-7-6-21-19)20-10-14-2-4-15(5-3-14)22-16(23)11-28-13-18(24)29/h2-5,17,20-21H,6-13,29H2,1H3,(H,22,23). The van der Waals surface area contributed by atoms with Gasteiger partial charge in [-0.25, -0.2) is 0 Å². The average Bonchev–Trinajstić information content (AvgIpc) is 2.70. The second-order valence-electron chi connectivity index (χ2n) is 5.88. The number of methoxy groups -OCH3 is 1. The van der Waals surface area contributed by atoms with Crippen molar-refractivity contribution in [2.45, 2.75) is 12.8 Å². The van der Waals surface area contributed by atoms with Crippen molar-refractivity contribution in [2.24, 2.45) is 0 Å². The van der Waals surface area contributed by atoms with E-state index in [1.54, 1.807) is 19.2 Å². The van der Waals surface area contributed by atoms with Crippen molar-refractivity contribution in [1.29, 1.82) is 0 Å². The first kappa shape index (κ1) is 26.3. The lowest BCUT2D eigenvalue weighted by Gasteiger charge is -2.17. The first-order valence-corrected chi connectivity index (χ1v) is 10.7. The molecule has 2 atom stereocenters. The molecule has 0 spiro atoms. The van der Waals surface area contributed by atoms with Crippen LogP contribution >= 0.6 is 32.1 Å². The smallest absolute Gasteiger partial charge is 0.250 e. The maximum atomic E-state index is 11.7. The van der Waals surface area contributed by atoms with Gasteiger partial charge in [0.2, 0.25) is 5.91 Å². The van der Waals surface area contributed by atoms with Gasteiger partial charge in [-0.05, 0) is 17.7 Å². The fraction of sp³-hybridized carbons (Fsp3) is 0.556. The third-order valence-electron chi connectivity index (χ3n) is 3.52. The molecule has 0 aliphatic carbocycles. The second kappa shape index (κ2) is 17.0. The van der Waals surface area contributed by atoms with Crippen LogP contribution in [0.2, 0.25) is 0 Å². The number of carbonyl (C=O) groups is 2. The number of benzene rings is 1. The van der Waals surface area contributed by atoms with Crippen molar-refractivity contribution in [3.63, 3.8) is 0 Å². The van der Waals surface area contributed by atoms with Crippen LogP contribution in [0.25, 0.3) is 0 Å². The topological polar surface area (TPSA) is 107 Å². The van der Waals surface area contributed by atoms with Crippen molar-refractivity contribution < 1.29 is 28.5 Å². The van der Waals surface area contributed by atoms with Gasteiger partial charge in [-0.3, -0.25) is 18.4 Å². The van der Waals surface area contributed by atoms with Crippen LogP contribution in [-0.4, -0.2) is 71.0 Å². The summed E-state index contributed by atoms with van der Waals surface area (Å²) >= 11 is 2.08. The summed E-state index contributed by atoms with van der Waals surface area (Å²) in [6.07, 6.45) is -0.234. The van der Waals surface area contributed by atoms with Crippen molar-refractivity contribution in [3.05, 3.63) is 29.8 Å². The predicted octanol–water partition coefficient (Wildman–Crippen LogP) is 1.08. The molecule has 0 aliphatic rings. The predicted molar refractivity (Wildman–Crippen MR) is 122 cm³/mol. The summed E-state index contributed by atoms with van der Waals surface area (Å²) in [5, 5.41) is 5.96. The molecule has 1 aromatic rings. The van der Waals surface area contributed by atoms with E-state index in [2.05, 4.69) is 37.0 Å². The number of hydrogen-bond donors (Lipinski definition) is 3. The zero-order valence-corrected chi connectivity index (χ0v) is 19.8. The number of hydrogen-bond acceptors (Lipinski definition) is 8. The highest BCUT2D eigenvalue weighted by Crippen LogP contribution is 2.10. The number of nitrogens with one attached hydrogen (secondary N) is 3.